The van der Waals surface area contributed by atoms with Gasteiger partial charge in [-0.3, -0.25) is 4.79 Å². The molecule has 0 aromatic carbocycles. The first-order valence-corrected chi connectivity index (χ1v) is 14.0. The Kier molecular flexibility index (Phi) is 7.64. The van der Waals surface area contributed by atoms with Gasteiger partial charge in [0.25, 0.3) is 0 Å². The molecule has 0 spiro atoms. The summed E-state index contributed by atoms with van der Waals surface area (Å²) in [6.07, 6.45) is 4.95. The average Bonchev–Trinajstić information content (AvgIpc) is 3.33. The van der Waals surface area contributed by atoms with Crippen molar-refractivity contribution in [2.45, 2.75) is 82.3 Å². The van der Waals surface area contributed by atoms with E-state index in [0.29, 0.717) is 18.4 Å². The molecule has 3 aromatic heterocycles. The van der Waals surface area contributed by atoms with E-state index in [2.05, 4.69) is 37.9 Å². The minimum Gasteiger partial charge on any atom is -0.465 e. The molecule has 4 rings (SSSR count). The first kappa shape index (κ1) is 23.8. The maximum Gasteiger partial charge on any atom is 0.316 e. The van der Waals surface area contributed by atoms with Gasteiger partial charge in [-0.2, -0.15) is 0 Å². The molecule has 0 N–H and O–H groups in total. The van der Waals surface area contributed by atoms with Crippen LogP contribution in [0.5, 0.6) is 0 Å². The Morgan fingerprint density at radius 1 is 1.19 bits per heavy atom. The van der Waals surface area contributed by atoms with Crippen molar-refractivity contribution >= 4 is 56.7 Å². The molecule has 7 nitrogen and oxygen atoms in total. The molecule has 0 unspecified atom stereocenters. The average molecular weight is 495 g/mol. The SMILES string of the molecule is CCCCCOC(=O)CSc1nnc2c3c4c(sc3nc(SCCC)n12)COC(C)(C)C4. The smallest absolute Gasteiger partial charge is 0.316 e. The fraction of sp³-hybridized carbons (Fsp3) is 0.636. The summed E-state index contributed by atoms with van der Waals surface area (Å²) in [5, 5.41) is 11.6. The summed E-state index contributed by atoms with van der Waals surface area (Å²) in [6, 6.07) is 0. The minimum absolute atomic E-state index is 0.214. The molecule has 0 bridgehead atoms. The van der Waals surface area contributed by atoms with Crippen molar-refractivity contribution in [3.63, 3.8) is 0 Å². The molecule has 10 heteroatoms. The number of aromatic nitrogens is 4. The van der Waals surface area contributed by atoms with Gasteiger partial charge in [0.1, 0.15) is 4.83 Å². The highest BCUT2D eigenvalue weighted by molar-refractivity contribution is 8.00. The number of hydrogen-bond acceptors (Lipinski definition) is 9. The summed E-state index contributed by atoms with van der Waals surface area (Å²) in [4.78, 5) is 19.4. The van der Waals surface area contributed by atoms with Crippen LogP contribution in [0.3, 0.4) is 0 Å². The number of carbonyl (C=O) groups excluding carboxylic acids is 1. The molecular formula is C22H30N4O3S3. The third-order valence-corrected chi connectivity index (χ3v) is 8.43. The molecule has 32 heavy (non-hydrogen) atoms. The maximum atomic E-state index is 12.2. The topological polar surface area (TPSA) is 78.6 Å². The number of fused-ring (bicyclic) bond motifs is 5. The van der Waals surface area contributed by atoms with Gasteiger partial charge in [0.2, 0.25) is 0 Å². The number of rotatable bonds is 10. The molecule has 0 amide bonds. The van der Waals surface area contributed by atoms with E-state index >= 15 is 0 Å². The van der Waals surface area contributed by atoms with Crippen molar-refractivity contribution in [2.24, 2.45) is 0 Å². The van der Waals surface area contributed by atoms with E-state index in [9.17, 15) is 4.79 Å². The quantitative estimate of drug-likeness (QED) is 0.158. The zero-order valence-corrected chi connectivity index (χ0v) is 21.6. The van der Waals surface area contributed by atoms with Gasteiger partial charge in [-0.1, -0.05) is 50.2 Å². The lowest BCUT2D eigenvalue weighted by Crippen LogP contribution is -2.31. The number of thioether (sulfide) groups is 2. The molecule has 1 aliphatic heterocycles. The number of nitrogens with zero attached hydrogens (tertiary/aromatic N) is 4. The Morgan fingerprint density at radius 3 is 2.81 bits per heavy atom. The normalized spacial score (nSPS) is 15.4. The highest BCUT2D eigenvalue weighted by atomic mass is 32.2. The predicted octanol–water partition coefficient (Wildman–Crippen LogP) is 5.52. The van der Waals surface area contributed by atoms with Gasteiger partial charge in [-0.25, -0.2) is 9.38 Å². The highest BCUT2D eigenvalue weighted by Crippen LogP contribution is 2.41. The summed E-state index contributed by atoms with van der Waals surface area (Å²) in [5.41, 5.74) is 1.87. The predicted molar refractivity (Wildman–Crippen MR) is 131 cm³/mol. The largest absolute Gasteiger partial charge is 0.465 e. The molecule has 0 saturated carbocycles. The summed E-state index contributed by atoms with van der Waals surface area (Å²) in [6.45, 7) is 9.60. The molecule has 0 saturated heterocycles. The van der Waals surface area contributed by atoms with Crippen LogP contribution in [0.2, 0.25) is 0 Å². The first-order valence-electron chi connectivity index (χ1n) is 11.2. The van der Waals surface area contributed by atoms with E-state index in [1.807, 2.05) is 4.40 Å². The van der Waals surface area contributed by atoms with E-state index in [-0.39, 0.29) is 17.3 Å². The second-order valence-electron chi connectivity index (χ2n) is 8.51. The number of ether oxygens (including phenoxy) is 2. The van der Waals surface area contributed by atoms with E-state index in [0.717, 1.165) is 58.9 Å². The van der Waals surface area contributed by atoms with Crippen LogP contribution in [0.25, 0.3) is 15.9 Å². The number of hydrogen-bond donors (Lipinski definition) is 0. The third-order valence-electron chi connectivity index (χ3n) is 5.28. The maximum absolute atomic E-state index is 12.2. The van der Waals surface area contributed by atoms with E-state index in [1.165, 1.54) is 22.2 Å². The second-order valence-corrected chi connectivity index (χ2v) is 11.6. The number of thiophene rings is 1. The van der Waals surface area contributed by atoms with Crippen LogP contribution in [0.1, 0.15) is 63.8 Å². The molecule has 0 atom stereocenters. The zero-order chi connectivity index (χ0) is 22.7. The molecule has 0 radical (unpaired) electrons. The lowest BCUT2D eigenvalue weighted by atomic mass is 9.94. The molecule has 0 fully saturated rings. The number of unbranched alkanes of at least 4 members (excludes halogenated alkanes) is 2. The second kappa shape index (κ2) is 10.3. The molecule has 1 aliphatic rings. The van der Waals surface area contributed by atoms with Gasteiger partial charge >= 0.3 is 5.97 Å². The fourth-order valence-corrected chi connectivity index (χ4v) is 6.46. The molecule has 174 valence electrons. The van der Waals surface area contributed by atoms with E-state index in [1.54, 1.807) is 23.1 Å². The van der Waals surface area contributed by atoms with Gasteiger partial charge in [0, 0.05) is 17.1 Å². The van der Waals surface area contributed by atoms with Crippen LogP contribution in [-0.2, 0) is 27.3 Å². The Balaban J connectivity index is 1.66. The van der Waals surface area contributed by atoms with Gasteiger partial charge in [-0.15, -0.1) is 21.5 Å². The van der Waals surface area contributed by atoms with Crippen molar-refractivity contribution in [2.75, 3.05) is 18.1 Å². The molecule has 0 aliphatic carbocycles. The Bertz CT molecular complexity index is 1110. The standard InChI is InChI=1S/C22H30N4O3S3/c1-5-7-8-9-28-16(27)13-31-21-25-24-18-17-14-11-22(3,4)29-12-15(14)32-19(17)23-20(26(18)21)30-10-6-2/h5-13H2,1-4H3. The molecule has 3 aromatic rings. The minimum atomic E-state index is -0.216. The van der Waals surface area contributed by atoms with Gasteiger partial charge in [-0.05, 0) is 32.3 Å². The third kappa shape index (κ3) is 5.08. The van der Waals surface area contributed by atoms with E-state index < -0.39 is 0 Å². The van der Waals surface area contributed by atoms with Gasteiger partial charge < -0.3 is 9.47 Å². The van der Waals surface area contributed by atoms with Crippen LogP contribution in [0.4, 0.5) is 0 Å². The number of carbonyl (C=O) groups is 1. The lowest BCUT2D eigenvalue weighted by molar-refractivity contribution is -0.140. The van der Waals surface area contributed by atoms with Gasteiger partial charge in [0.15, 0.2) is 16.0 Å². The summed E-state index contributed by atoms with van der Waals surface area (Å²) in [5.74, 6) is 0.952. The Hall–Kier alpha value is -1.36. The summed E-state index contributed by atoms with van der Waals surface area (Å²) in [7, 11) is 0. The summed E-state index contributed by atoms with van der Waals surface area (Å²) < 4.78 is 13.4. The first-order chi connectivity index (χ1) is 15.4. The monoisotopic (exact) mass is 494 g/mol. The molecular weight excluding hydrogens is 464 g/mol. The Morgan fingerprint density at radius 2 is 2.03 bits per heavy atom. The Labute approximate surface area is 201 Å². The van der Waals surface area contributed by atoms with Crippen LogP contribution in [0, 0.1) is 0 Å². The van der Waals surface area contributed by atoms with Crippen LogP contribution < -0.4 is 0 Å². The van der Waals surface area contributed by atoms with Crippen LogP contribution >= 0.6 is 34.9 Å². The van der Waals surface area contributed by atoms with Crippen molar-refractivity contribution in [1.82, 2.24) is 19.6 Å². The van der Waals surface area contributed by atoms with Crippen LogP contribution in [-0.4, -0.2) is 49.3 Å². The van der Waals surface area contributed by atoms with Crippen molar-refractivity contribution in [1.29, 1.82) is 0 Å². The number of esters is 1. The fourth-order valence-electron chi connectivity index (χ4n) is 3.68. The highest BCUT2D eigenvalue weighted by Gasteiger charge is 2.31. The zero-order valence-electron chi connectivity index (χ0n) is 19.1. The van der Waals surface area contributed by atoms with Crippen molar-refractivity contribution in [3.8, 4) is 0 Å². The van der Waals surface area contributed by atoms with Crippen LogP contribution in [0.15, 0.2) is 10.3 Å². The van der Waals surface area contributed by atoms with E-state index in [4.69, 9.17) is 14.5 Å². The van der Waals surface area contributed by atoms with Crippen molar-refractivity contribution in [3.05, 3.63) is 10.4 Å². The van der Waals surface area contributed by atoms with Crippen molar-refractivity contribution < 1.29 is 14.3 Å². The van der Waals surface area contributed by atoms with Gasteiger partial charge in [0.05, 0.1) is 30.0 Å². The molecule has 4 heterocycles. The summed E-state index contributed by atoms with van der Waals surface area (Å²) >= 11 is 4.76. The lowest BCUT2D eigenvalue weighted by Gasteiger charge is -2.30.